The Hall–Kier alpha value is -2.97. The van der Waals surface area contributed by atoms with Crippen molar-refractivity contribution in [3.05, 3.63) is 66.2 Å². The number of anilines is 1. The fourth-order valence-electron chi connectivity index (χ4n) is 3.66. The van der Waals surface area contributed by atoms with E-state index in [2.05, 4.69) is 0 Å². The van der Waals surface area contributed by atoms with Crippen LogP contribution in [0.4, 0.5) is 5.69 Å². The van der Waals surface area contributed by atoms with Gasteiger partial charge in [-0.2, -0.15) is 4.31 Å². The van der Waals surface area contributed by atoms with Crippen LogP contribution in [-0.4, -0.2) is 50.8 Å². The first kappa shape index (κ1) is 24.7. The number of carbonyl (C=O) groups excluding carboxylic acids is 2. The molecule has 0 bridgehead atoms. The lowest BCUT2D eigenvalue weighted by Gasteiger charge is -2.21. The number of ether oxygens (including phenoxy) is 1. The molecule has 33 heavy (non-hydrogen) atoms. The second-order valence-electron chi connectivity index (χ2n) is 8.03. The van der Waals surface area contributed by atoms with E-state index < -0.39 is 22.1 Å². The van der Waals surface area contributed by atoms with Crippen LogP contribution in [0.25, 0.3) is 6.08 Å². The summed E-state index contributed by atoms with van der Waals surface area (Å²) in [6, 6.07) is 15.5. The van der Waals surface area contributed by atoms with E-state index in [1.807, 2.05) is 18.2 Å². The number of hydrogen-bond donors (Lipinski definition) is 0. The van der Waals surface area contributed by atoms with Gasteiger partial charge in [0.15, 0.2) is 6.10 Å². The summed E-state index contributed by atoms with van der Waals surface area (Å²) in [5, 5.41) is 0. The van der Waals surface area contributed by atoms with Crippen LogP contribution in [0.15, 0.2) is 65.6 Å². The third-order valence-electron chi connectivity index (χ3n) is 5.61. The molecule has 1 amide bonds. The minimum absolute atomic E-state index is 0.243. The Morgan fingerprint density at radius 3 is 2.18 bits per heavy atom. The van der Waals surface area contributed by atoms with Crippen LogP contribution in [0.2, 0.25) is 0 Å². The molecular formula is C25H30N2O5S. The number of nitrogens with zero attached hydrogens (tertiary/aromatic N) is 2. The van der Waals surface area contributed by atoms with Gasteiger partial charge in [-0.25, -0.2) is 13.2 Å². The highest BCUT2D eigenvalue weighted by molar-refractivity contribution is 7.89. The molecule has 1 saturated heterocycles. The van der Waals surface area contributed by atoms with Crippen molar-refractivity contribution < 1.29 is 22.7 Å². The van der Waals surface area contributed by atoms with Gasteiger partial charge in [-0.15, -0.1) is 0 Å². The maximum absolute atomic E-state index is 12.9. The highest BCUT2D eigenvalue weighted by Gasteiger charge is 2.25. The maximum Gasteiger partial charge on any atom is 0.331 e. The lowest BCUT2D eigenvalue weighted by molar-refractivity contribution is -0.148. The highest BCUT2D eigenvalue weighted by atomic mass is 32.2. The van der Waals surface area contributed by atoms with Crippen molar-refractivity contribution in [1.29, 1.82) is 0 Å². The highest BCUT2D eigenvalue weighted by Crippen LogP contribution is 2.21. The van der Waals surface area contributed by atoms with Crippen LogP contribution in [0.1, 0.15) is 38.2 Å². The number of likely N-dealkylation sites (N-methyl/N-ethyl adjacent to an activating group) is 1. The summed E-state index contributed by atoms with van der Waals surface area (Å²) in [6.45, 7) is 2.62. The van der Waals surface area contributed by atoms with Crippen LogP contribution in [0.5, 0.6) is 0 Å². The zero-order valence-corrected chi connectivity index (χ0v) is 19.8. The number of rotatable bonds is 7. The van der Waals surface area contributed by atoms with E-state index in [1.54, 1.807) is 47.8 Å². The van der Waals surface area contributed by atoms with Gasteiger partial charge in [0.25, 0.3) is 5.91 Å². The average molecular weight is 471 g/mol. The molecule has 8 heteroatoms. The summed E-state index contributed by atoms with van der Waals surface area (Å²) < 4.78 is 32.5. The van der Waals surface area contributed by atoms with Gasteiger partial charge in [-0.3, -0.25) is 4.79 Å². The average Bonchev–Trinajstić information content (AvgIpc) is 3.13. The number of para-hydroxylation sites is 1. The van der Waals surface area contributed by atoms with Gasteiger partial charge in [-0.1, -0.05) is 43.2 Å². The molecular weight excluding hydrogens is 440 g/mol. The summed E-state index contributed by atoms with van der Waals surface area (Å²) in [4.78, 5) is 26.4. The normalized spacial score (nSPS) is 16.2. The molecule has 0 aliphatic carbocycles. The first-order valence-electron chi connectivity index (χ1n) is 11.1. The third kappa shape index (κ3) is 6.52. The van der Waals surface area contributed by atoms with Gasteiger partial charge in [0.1, 0.15) is 0 Å². The number of carbonyl (C=O) groups is 2. The van der Waals surface area contributed by atoms with Gasteiger partial charge in [0.2, 0.25) is 10.0 Å². The first-order chi connectivity index (χ1) is 15.8. The number of amides is 1. The van der Waals surface area contributed by atoms with Crippen LogP contribution >= 0.6 is 0 Å². The molecule has 1 heterocycles. The van der Waals surface area contributed by atoms with Crippen LogP contribution in [0.3, 0.4) is 0 Å². The van der Waals surface area contributed by atoms with Crippen molar-refractivity contribution in [2.75, 3.05) is 25.0 Å². The smallest absolute Gasteiger partial charge is 0.331 e. The van der Waals surface area contributed by atoms with Gasteiger partial charge in [-0.05, 0) is 55.7 Å². The van der Waals surface area contributed by atoms with Crippen LogP contribution in [-0.2, 0) is 24.3 Å². The van der Waals surface area contributed by atoms with E-state index in [4.69, 9.17) is 4.74 Å². The Bertz CT molecular complexity index is 1070. The summed E-state index contributed by atoms with van der Waals surface area (Å²) in [7, 11) is -1.89. The molecule has 0 saturated carbocycles. The molecule has 3 rings (SSSR count). The lowest BCUT2D eigenvalue weighted by Crippen LogP contribution is -2.37. The van der Waals surface area contributed by atoms with Crippen molar-refractivity contribution in [2.24, 2.45) is 0 Å². The Morgan fingerprint density at radius 1 is 0.970 bits per heavy atom. The van der Waals surface area contributed by atoms with E-state index in [9.17, 15) is 18.0 Å². The second kappa shape index (κ2) is 11.2. The van der Waals surface area contributed by atoms with Crippen molar-refractivity contribution in [1.82, 2.24) is 4.31 Å². The topological polar surface area (TPSA) is 84.0 Å². The Kier molecular flexibility index (Phi) is 8.41. The predicted octanol–water partition coefficient (Wildman–Crippen LogP) is 3.86. The zero-order chi connectivity index (χ0) is 23.8. The summed E-state index contributed by atoms with van der Waals surface area (Å²) >= 11 is 0. The standard InChI is InChI=1S/C25H30N2O5S/c1-20(25(29)26(2)22-10-6-5-7-11-22)32-24(28)17-14-21-12-15-23(16-13-21)33(30,31)27-18-8-3-4-9-19-27/h5-7,10-17,20H,3-4,8-9,18-19H2,1-2H3/b17-14+/t20-/m0/s1. The molecule has 1 atom stereocenters. The Balaban J connectivity index is 1.58. The largest absolute Gasteiger partial charge is 0.449 e. The van der Waals surface area contributed by atoms with Crippen LogP contribution in [0, 0.1) is 0 Å². The van der Waals surface area contributed by atoms with E-state index in [1.165, 1.54) is 24.0 Å². The second-order valence-corrected chi connectivity index (χ2v) is 9.97. The molecule has 1 aliphatic heterocycles. The Labute approximate surface area is 195 Å². The number of esters is 1. The monoisotopic (exact) mass is 470 g/mol. The summed E-state index contributed by atoms with van der Waals surface area (Å²) in [5.41, 5.74) is 1.36. The van der Waals surface area contributed by atoms with E-state index in [-0.39, 0.29) is 10.8 Å². The Morgan fingerprint density at radius 2 is 1.58 bits per heavy atom. The summed E-state index contributed by atoms with van der Waals surface area (Å²) in [5.74, 6) is -0.996. The number of hydrogen-bond acceptors (Lipinski definition) is 5. The maximum atomic E-state index is 12.9. The predicted molar refractivity (Wildman–Crippen MR) is 128 cm³/mol. The SMILES string of the molecule is C[C@H](OC(=O)/C=C/c1ccc(S(=O)(=O)N2CCCCCC2)cc1)C(=O)N(C)c1ccccc1. The summed E-state index contributed by atoms with van der Waals surface area (Å²) in [6.07, 6.45) is 5.67. The van der Waals surface area contributed by atoms with Gasteiger partial charge in [0.05, 0.1) is 4.90 Å². The van der Waals surface area contributed by atoms with Crippen molar-refractivity contribution in [3.8, 4) is 0 Å². The molecule has 0 unspecified atom stereocenters. The van der Waals surface area contributed by atoms with E-state index in [0.717, 1.165) is 25.7 Å². The molecule has 1 aliphatic rings. The number of benzene rings is 2. The minimum Gasteiger partial charge on any atom is -0.449 e. The van der Waals surface area contributed by atoms with E-state index >= 15 is 0 Å². The van der Waals surface area contributed by atoms with Crippen molar-refractivity contribution in [3.63, 3.8) is 0 Å². The molecule has 176 valence electrons. The lowest BCUT2D eigenvalue weighted by atomic mass is 10.2. The minimum atomic E-state index is -3.51. The molecule has 0 aromatic heterocycles. The quantitative estimate of drug-likeness (QED) is 0.453. The third-order valence-corrected chi connectivity index (χ3v) is 7.52. The van der Waals surface area contributed by atoms with Crippen molar-refractivity contribution >= 4 is 33.7 Å². The van der Waals surface area contributed by atoms with Gasteiger partial charge < -0.3 is 9.64 Å². The zero-order valence-electron chi connectivity index (χ0n) is 19.0. The fraction of sp³-hybridized carbons (Fsp3) is 0.360. The molecule has 2 aromatic carbocycles. The van der Waals surface area contributed by atoms with Gasteiger partial charge in [0, 0.05) is 31.9 Å². The molecule has 2 aromatic rings. The number of sulfonamides is 1. The molecule has 0 radical (unpaired) electrons. The van der Waals surface area contributed by atoms with Gasteiger partial charge >= 0.3 is 5.97 Å². The molecule has 0 spiro atoms. The molecule has 0 N–H and O–H groups in total. The fourth-order valence-corrected chi connectivity index (χ4v) is 5.18. The molecule has 1 fully saturated rings. The van der Waals surface area contributed by atoms with Crippen LogP contribution < -0.4 is 4.90 Å². The first-order valence-corrected chi connectivity index (χ1v) is 12.5. The van der Waals surface area contributed by atoms with Crippen molar-refractivity contribution in [2.45, 2.75) is 43.6 Å². The molecule has 7 nitrogen and oxygen atoms in total. The van der Waals surface area contributed by atoms with E-state index in [0.29, 0.717) is 24.3 Å².